The molecule has 1 aromatic carbocycles. The quantitative estimate of drug-likeness (QED) is 0.684. The predicted octanol–water partition coefficient (Wildman–Crippen LogP) is 0.565. The van der Waals surface area contributed by atoms with Crippen LogP contribution in [0.1, 0.15) is 0 Å². The number of nitrogens with one attached hydrogen (secondary N) is 1. The van der Waals surface area contributed by atoms with Crippen LogP contribution in [-0.2, 0) is 4.79 Å². The van der Waals surface area contributed by atoms with Gasteiger partial charge >= 0.3 is 0 Å². The monoisotopic (exact) mass is 213 g/mol. The molecule has 0 saturated heterocycles. The number of nitrogens with two attached hydrogens (primary N) is 2. The third-order valence-electron chi connectivity index (χ3n) is 1.75. The average Bonchev–Trinajstić information content (AvgIpc) is 2.16. The Bertz CT molecular complexity index is 330. The van der Waals surface area contributed by atoms with Crippen LogP contribution in [0.25, 0.3) is 0 Å². The van der Waals surface area contributed by atoms with E-state index in [2.05, 4.69) is 5.32 Å². The van der Waals surface area contributed by atoms with Crippen LogP contribution in [0.5, 0.6) is 0 Å². The Hall–Kier alpha value is -1.26. The van der Waals surface area contributed by atoms with Gasteiger partial charge in [-0.15, -0.1) is 0 Å². The zero-order valence-corrected chi connectivity index (χ0v) is 8.29. The van der Waals surface area contributed by atoms with E-state index in [1.807, 2.05) is 12.1 Å². The third kappa shape index (κ3) is 2.90. The number of anilines is 1. The number of hydrogen-bond acceptors (Lipinski definition) is 3. The fourth-order valence-electron chi connectivity index (χ4n) is 0.925. The molecule has 5 N–H and O–H groups in total. The maximum atomic E-state index is 10.6. The van der Waals surface area contributed by atoms with Gasteiger partial charge in [-0.25, -0.2) is 0 Å². The number of carbonyl (C=O) groups excluding carboxylic acids is 1. The molecule has 0 saturated carbocycles. The van der Waals surface area contributed by atoms with Gasteiger partial charge in [-0.2, -0.15) is 0 Å². The van der Waals surface area contributed by atoms with Crippen LogP contribution in [-0.4, -0.2) is 18.5 Å². The van der Waals surface area contributed by atoms with Crippen molar-refractivity contribution in [3.8, 4) is 0 Å². The van der Waals surface area contributed by atoms with Crippen LogP contribution < -0.4 is 16.8 Å². The molecule has 0 fully saturated rings. The van der Waals surface area contributed by atoms with E-state index in [-0.39, 0.29) is 6.54 Å². The van der Waals surface area contributed by atoms with Crippen molar-refractivity contribution in [1.29, 1.82) is 0 Å². The van der Waals surface area contributed by atoms with Crippen LogP contribution in [0.4, 0.5) is 5.69 Å². The molecule has 0 aliphatic carbocycles. The Kier molecular flexibility index (Phi) is 3.73. The molecule has 0 aromatic heterocycles. The highest BCUT2D eigenvalue weighted by atomic mass is 35.5. The number of primary amides is 1. The Morgan fingerprint density at radius 3 is 2.71 bits per heavy atom. The van der Waals surface area contributed by atoms with Gasteiger partial charge in [0.1, 0.15) is 6.04 Å². The van der Waals surface area contributed by atoms with Gasteiger partial charge in [0.15, 0.2) is 0 Å². The summed E-state index contributed by atoms with van der Waals surface area (Å²) in [5.41, 5.74) is 11.2. The zero-order valence-electron chi connectivity index (χ0n) is 7.53. The lowest BCUT2D eigenvalue weighted by atomic mass is 10.2. The van der Waals surface area contributed by atoms with E-state index in [9.17, 15) is 4.79 Å². The number of rotatable bonds is 4. The topological polar surface area (TPSA) is 81.1 Å². The van der Waals surface area contributed by atoms with E-state index in [1.54, 1.807) is 12.1 Å². The molecule has 1 unspecified atom stereocenters. The number of halogens is 1. The minimum absolute atomic E-state index is 0.277. The molecule has 0 spiro atoms. The normalized spacial score (nSPS) is 12.1. The molecular formula is C9H12ClN3O. The van der Waals surface area contributed by atoms with Gasteiger partial charge in [0, 0.05) is 6.54 Å². The summed E-state index contributed by atoms with van der Waals surface area (Å²) in [5, 5.41) is 3.52. The maximum absolute atomic E-state index is 10.6. The van der Waals surface area contributed by atoms with Crippen LogP contribution >= 0.6 is 11.6 Å². The number of carbonyl (C=O) groups is 1. The Balaban J connectivity index is 2.54. The Morgan fingerprint density at radius 2 is 2.14 bits per heavy atom. The molecule has 0 aliphatic heterocycles. The van der Waals surface area contributed by atoms with Crippen LogP contribution in [0.2, 0.25) is 5.02 Å². The van der Waals surface area contributed by atoms with Crippen molar-refractivity contribution in [2.45, 2.75) is 6.04 Å². The number of para-hydroxylation sites is 1. The lowest BCUT2D eigenvalue weighted by Crippen LogP contribution is -2.41. The van der Waals surface area contributed by atoms with Gasteiger partial charge < -0.3 is 16.8 Å². The molecular weight excluding hydrogens is 202 g/mol. The van der Waals surface area contributed by atoms with Crippen molar-refractivity contribution in [2.24, 2.45) is 11.5 Å². The van der Waals surface area contributed by atoms with Crippen LogP contribution in [0.3, 0.4) is 0 Å². The first-order valence-corrected chi connectivity index (χ1v) is 4.52. The van der Waals surface area contributed by atoms with Crippen molar-refractivity contribution in [2.75, 3.05) is 11.9 Å². The fourth-order valence-corrected chi connectivity index (χ4v) is 1.13. The largest absolute Gasteiger partial charge is 0.382 e. The SMILES string of the molecule is NC(=O)C(N)CNc1ccccc1Cl. The molecule has 0 radical (unpaired) electrons. The maximum Gasteiger partial charge on any atom is 0.236 e. The second-order valence-electron chi connectivity index (χ2n) is 2.87. The first-order chi connectivity index (χ1) is 6.61. The van der Waals surface area contributed by atoms with Gasteiger partial charge in [0.2, 0.25) is 5.91 Å². The van der Waals surface area contributed by atoms with Gasteiger partial charge in [-0.3, -0.25) is 4.79 Å². The molecule has 0 heterocycles. The van der Waals surface area contributed by atoms with Crippen molar-refractivity contribution < 1.29 is 4.79 Å². The molecule has 4 nitrogen and oxygen atoms in total. The van der Waals surface area contributed by atoms with Gasteiger partial charge in [0.05, 0.1) is 10.7 Å². The lowest BCUT2D eigenvalue weighted by molar-refractivity contribution is -0.118. The van der Waals surface area contributed by atoms with E-state index < -0.39 is 11.9 Å². The van der Waals surface area contributed by atoms with E-state index in [1.165, 1.54) is 0 Å². The first-order valence-electron chi connectivity index (χ1n) is 4.14. The average molecular weight is 214 g/mol. The molecule has 0 bridgehead atoms. The Morgan fingerprint density at radius 1 is 1.50 bits per heavy atom. The molecule has 0 aliphatic rings. The van der Waals surface area contributed by atoms with Crippen molar-refractivity contribution >= 4 is 23.2 Å². The number of benzene rings is 1. The van der Waals surface area contributed by atoms with E-state index in [0.717, 1.165) is 5.69 Å². The summed E-state index contributed by atoms with van der Waals surface area (Å²) in [7, 11) is 0. The fraction of sp³-hybridized carbons (Fsp3) is 0.222. The number of hydrogen-bond donors (Lipinski definition) is 3. The molecule has 1 atom stereocenters. The van der Waals surface area contributed by atoms with Gasteiger partial charge in [-0.1, -0.05) is 23.7 Å². The summed E-state index contributed by atoms with van der Waals surface area (Å²) in [6.07, 6.45) is 0. The van der Waals surface area contributed by atoms with E-state index in [0.29, 0.717) is 5.02 Å². The van der Waals surface area contributed by atoms with E-state index in [4.69, 9.17) is 23.1 Å². The second kappa shape index (κ2) is 4.83. The summed E-state index contributed by atoms with van der Waals surface area (Å²) in [6, 6.07) is 6.51. The van der Waals surface area contributed by atoms with Gasteiger partial charge in [0.25, 0.3) is 0 Å². The Labute approximate surface area is 87.2 Å². The minimum Gasteiger partial charge on any atom is -0.382 e. The lowest BCUT2D eigenvalue weighted by Gasteiger charge is -2.11. The summed E-state index contributed by atoms with van der Waals surface area (Å²) in [5.74, 6) is -0.537. The predicted molar refractivity (Wildman–Crippen MR) is 57.1 cm³/mol. The smallest absolute Gasteiger partial charge is 0.236 e. The molecule has 76 valence electrons. The van der Waals surface area contributed by atoms with Crippen molar-refractivity contribution in [3.63, 3.8) is 0 Å². The van der Waals surface area contributed by atoms with Crippen LogP contribution in [0.15, 0.2) is 24.3 Å². The van der Waals surface area contributed by atoms with Crippen LogP contribution in [0, 0.1) is 0 Å². The standard InChI is InChI=1S/C9H12ClN3O/c10-6-3-1-2-4-8(6)13-5-7(11)9(12)14/h1-4,7,13H,5,11H2,(H2,12,14). The molecule has 1 aromatic rings. The van der Waals surface area contributed by atoms with Gasteiger partial charge in [-0.05, 0) is 12.1 Å². The highest BCUT2D eigenvalue weighted by Crippen LogP contribution is 2.19. The number of amides is 1. The molecule has 14 heavy (non-hydrogen) atoms. The minimum atomic E-state index is -0.703. The highest BCUT2D eigenvalue weighted by molar-refractivity contribution is 6.33. The highest BCUT2D eigenvalue weighted by Gasteiger charge is 2.08. The molecule has 1 rings (SSSR count). The first kappa shape index (κ1) is 10.8. The van der Waals surface area contributed by atoms with E-state index >= 15 is 0 Å². The summed E-state index contributed by atoms with van der Waals surface area (Å²) < 4.78 is 0. The molecule has 1 amide bonds. The summed E-state index contributed by atoms with van der Waals surface area (Å²) in [4.78, 5) is 10.6. The molecule has 5 heteroatoms. The second-order valence-corrected chi connectivity index (χ2v) is 3.28. The third-order valence-corrected chi connectivity index (χ3v) is 2.08. The summed E-state index contributed by atoms with van der Waals surface area (Å²) in [6.45, 7) is 0.277. The van der Waals surface area contributed by atoms with Crippen molar-refractivity contribution in [1.82, 2.24) is 0 Å². The summed E-state index contributed by atoms with van der Waals surface area (Å²) >= 11 is 5.87. The van der Waals surface area contributed by atoms with Crippen molar-refractivity contribution in [3.05, 3.63) is 29.3 Å². The zero-order chi connectivity index (χ0) is 10.6.